The van der Waals surface area contributed by atoms with Crippen molar-refractivity contribution in [3.63, 3.8) is 0 Å². The molecule has 1 aromatic heterocycles. The Morgan fingerprint density at radius 1 is 1.17 bits per heavy atom. The third-order valence-electron chi connectivity index (χ3n) is 4.71. The average Bonchev–Trinajstić information content (AvgIpc) is 2.71. The molecule has 0 aliphatic carbocycles. The lowest BCUT2D eigenvalue weighted by Gasteiger charge is -2.25. The number of amides is 1. The predicted octanol–water partition coefficient (Wildman–Crippen LogP) is 2.84. The first-order chi connectivity index (χ1) is 13.8. The van der Waals surface area contributed by atoms with Gasteiger partial charge in [-0.2, -0.15) is 4.31 Å². The Labute approximate surface area is 175 Å². The summed E-state index contributed by atoms with van der Waals surface area (Å²) in [5.41, 5.74) is 2.84. The Bertz CT molecular complexity index is 951. The minimum Gasteiger partial charge on any atom is -0.379 e. The zero-order valence-electron chi connectivity index (χ0n) is 16.7. The maximum Gasteiger partial charge on any atom is 0.244 e. The molecule has 1 amide bonds. The Morgan fingerprint density at radius 3 is 2.41 bits per heavy atom. The van der Waals surface area contributed by atoms with Gasteiger partial charge in [0.15, 0.2) is 0 Å². The summed E-state index contributed by atoms with van der Waals surface area (Å²) >= 11 is 1.29. The smallest absolute Gasteiger partial charge is 0.244 e. The van der Waals surface area contributed by atoms with Crippen LogP contribution in [0.15, 0.2) is 46.5 Å². The van der Waals surface area contributed by atoms with E-state index in [1.54, 1.807) is 13.0 Å². The van der Waals surface area contributed by atoms with Crippen LogP contribution in [-0.4, -0.2) is 55.2 Å². The Kier molecular flexibility index (Phi) is 6.94. The number of thioether (sulfide) groups is 1. The van der Waals surface area contributed by atoms with E-state index in [0.29, 0.717) is 31.3 Å². The summed E-state index contributed by atoms with van der Waals surface area (Å²) in [7, 11) is -3.57. The molecule has 1 saturated heterocycles. The number of hydrogen-bond donors (Lipinski definition) is 1. The first-order valence-corrected chi connectivity index (χ1v) is 11.7. The molecule has 0 spiro atoms. The Morgan fingerprint density at radius 2 is 1.83 bits per heavy atom. The Hall–Kier alpha value is -1.94. The molecule has 1 fully saturated rings. The van der Waals surface area contributed by atoms with Crippen molar-refractivity contribution in [2.24, 2.45) is 0 Å². The van der Waals surface area contributed by atoms with Crippen LogP contribution in [0.25, 0.3) is 0 Å². The van der Waals surface area contributed by atoms with Crippen molar-refractivity contribution in [2.75, 3.05) is 31.6 Å². The number of carbonyl (C=O) groups is 1. The molecule has 1 aromatic carbocycles. The quantitative estimate of drug-likeness (QED) is 0.702. The number of aromatic nitrogens is 1. The van der Waals surface area contributed by atoms with Gasteiger partial charge in [0, 0.05) is 25.0 Å². The summed E-state index contributed by atoms with van der Waals surface area (Å²) in [6.45, 7) is 7.18. The molecule has 0 bridgehead atoms. The van der Waals surface area contributed by atoms with E-state index in [-0.39, 0.29) is 16.1 Å². The molecule has 9 heteroatoms. The second kappa shape index (κ2) is 9.25. The van der Waals surface area contributed by atoms with Gasteiger partial charge in [-0.05, 0) is 44.0 Å². The van der Waals surface area contributed by atoms with E-state index < -0.39 is 10.0 Å². The molecular weight excluding hydrogens is 410 g/mol. The zero-order chi connectivity index (χ0) is 21.0. The normalized spacial score (nSPS) is 16.4. The van der Waals surface area contributed by atoms with Crippen molar-refractivity contribution in [1.29, 1.82) is 0 Å². The van der Waals surface area contributed by atoms with Crippen LogP contribution in [0.3, 0.4) is 0 Å². The number of aryl methyl sites for hydroxylation is 2. The molecule has 3 rings (SSSR count). The third-order valence-corrected chi connectivity index (χ3v) is 7.65. The van der Waals surface area contributed by atoms with Gasteiger partial charge in [-0.1, -0.05) is 30.0 Å². The van der Waals surface area contributed by atoms with Crippen molar-refractivity contribution in [1.82, 2.24) is 9.29 Å². The minimum absolute atomic E-state index is 0.126. The second-order valence-electron chi connectivity index (χ2n) is 6.86. The van der Waals surface area contributed by atoms with Gasteiger partial charge in [0.25, 0.3) is 0 Å². The van der Waals surface area contributed by atoms with Crippen LogP contribution in [0.2, 0.25) is 0 Å². The van der Waals surface area contributed by atoms with Crippen LogP contribution in [0, 0.1) is 13.8 Å². The first kappa shape index (κ1) is 21.8. The van der Waals surface area contributed by atoms with Crippen LogP contribution < -0.4 is 5.32 Å². The number of anilines is 1. The predicted molar refractivity (Wildman–Crippen MR) is 114 cm³/mol. The summed E-state index contributed by atoms with van der Waals surface area (Å²) in [6, 6.07) is 9.04. The molecule has 7 nitrogen and oxygen atoms in total. The monoisotopic (exact) mass is 435 g/mol. The SMILES string of the molecule is Cc1cccc(C)c1NC(=O)C(C)Sc1ccc(S(=O)(=O)N2CCOCC2)cn1. The number of rotatable bonds is 6. The lowest BCUT2D eigenvalue weighted by molar-refractivity contribution is -0.115. The van der Waals surface area contributed by atoms with Crippen molar-refractivity contribution < 1.29 is 17.9 Å². The molecule has 0 radical (unpaired) electrons. The number of nitrogens with zero attached hydrogens (tertiary/aromatic N) is 2. The van der Waals surface area contributed by atoms with Crippen LogP contribution in [0.5, 0.6) is 0 Å². The molecule has 0 saturated carbocycles. The molecule has 2 heterocycles. The lowest BCUT2D eigenvalue weighted by atomic mass is 10.1. The summed E-state index contributed by atoms with van der Waals surface area (Å²) in [5.74, 6) is -0.126. The van der Waals surface area contributed by atoms with Gasteiger partial charge in [0.1, 0.15) is 4.90 Å². The molecule has 2 aromatic rings. The van der Waals surface area contributed by atoms with Crippen molar-refractivity contribution in [2.45, 2.75) is 35.9 Å². The zero-order valence-corrected chi connectivity index (χ0v) is 18.3. The van der Waals surface area contributed by atoms with E-state index in [0.717, 1.165) is 16.8 Å². The standard InChI is InChI=1S/C20H25N3O4S2/c1-14-5-4-6-15(2)19(14)22-20(24)16(3)28-18-8-7-17(13-21-18)29(25,26)23-9-11-27-12-10-23/h4-8,13,16H,9-12H2,1-3H3,(H,22,24). The Balaban J connectivity index is 1.65. The second-order valence-corrected chi connectivity index (χ2v) is 10.2. The number of hydrogen-bond acceptors (Lipinski definition) is 6. The number of morpholine rings is 1. The number of sulfonamides is 1. The number of ether oxygens (including phenoxy) is 1. The van der Waals surface area contributed by atoms with E-state index >= 15 is 0 Å². The van der Waals surface area contributed by atoms with Gasteiger partial charge in [-0.3, -0.25) is 4.79 Å². The van der Waals surface area contributed by atoms with Crippen molar-refractivity contribution >= 4 is 33.4 Å². The van der Waals surface area contributed by atoms with Gasteiger partial charge in [-0.15, -0.1) is 0 Å². The molecule has 1 aliphatic rings. The van der Waals surface area contributed by atoms with Crippen LogP contribution in [0.1, 0.15) is 18.1 Å². The van der Waals surface area contributed by atoms with Crippen molar-refractivity contribution in [3.05, 3.63) is 47.7 Å². The summed E-state index contributed by atoms with van der Waals surface area (Å²) in [5, 5.41) is 3.18. The largest absolute Gasteiger partial charge is 0.379 e. The summed E-state index contributed by atoms with van der Waals surface area (Å²) < 4.78 is 31.9. The molecule has 1 aliphatic heterocycles. The van der Waals surface area contributed by atoms with Gasteiger partial charge in [-0.25, -0.2) is 13.4 Å². The lowest BCUT2D eigenvalue weighted by Crippen LogP contribution is -2.40. The third kappa shape index (κ3) is 5.16. The molecule has 29 heavy (non-hydrogen) atoms. The van der Waals surface area contributed by atoms with Crippen molar-refractivity contribution in [3.8, 4) is 0 Å². The fourth-order valence-electron chi connectivity index (χ4n) is 3.00. The van der Waals surface area contributed by atoms with E-state index in [1.807, 2.05) is 32.0 Å². The van der Waals surface area contributed by atoms with E-state index in [1.165, 1.54) is 28.3 Å². The summed E-state index contributed by atoms with van der Waals surface area (Å²) in [4.78, 5) is 17.0. The molecule has 1 N–H and O–H groups in total. The van der Waals surface area contributed by atoms with E-state index in [4.69, 9.17) is 4.74 Å². The van der Waals surface area contributed by atoms with Gasteiger partial charge >= 0.3 is 0 Å². The van der Waals surface area contributed by atoms with Crippen LogP contribution in [-0.2, 0) is 19.6 Å². The highest BCUT2D eigenvalue weighted by molar-refractivity contribution is 8.00. The molecule has 1 unspecified atom stereocenters. The average molecular weight is 436 g/mol. The molecule has 1 atom stereocenters. The number of carbonyl (C=O) groups excluding carboxylic acids is 1. The highest BCUT2D eigenvalue weighted by Crippen LogP contribution is 2.26. The number of para-hydroxylation sites is 1. The highest BCUT2D eigenvalue weighted by Gasteiger charge is 2.26. The molecular formula is C20H25N3O4S2. The minimum atomic E-state index is -3.57. The van der Waals surface area contributed by atoms with Crippen LogP contribution >= 0.6 is 11.8 Å². The first-order valence-electron chi connectivity index (χ1n) is 9.36. The highest BCUT2D eigenvalue weighted by atomic mass is 32.2. The van der Waals surface area contributed by atoms with Gasteiger partial charge in [0.2, 0.25) is 15.9 Å². The maximum absolute atomic E-state index is 12.7. The number of pyridine rings is 1. The fraction of sp³-hybridized carbons (Fsp3) is 0.400. The van der Waals surface area contributed by atoms with Gasteiger partial charge in [0.05, 0.1) is 23.5 Å². The number of nitrogens with one attached hydrogen (secondary N) is 1. The van der Waals surface area contributed by atoms with Gasteiger partial charge < -0.3 is 10.1 Å². The maximum atomic E-state index is 12.7. The fourth-order valence-corrected chi connectivity index (χ4v) is 5.14. The number of benzene rings is 1. The van der Waals surface area contributed by atoms with Crippen LogP contribution in [0.4, 0.5) is 5.69 Å². The topological polar surface area (TPSA) is 88.6 Å². The molecule has 156 valence electrons. The van der Waals surface area contributed by atoms with E-state index in [2.05, 4.69) is 10.3 Å². The van der Waals surface area contributed by atoms with E-state index in [9.17, 15) is 13.2 Å². The summed E-state index contributed by atoms with van der Waals surface area (Å²) in [6.07, 6.45) is 1.35.